The number of benzene rings is 1. The van der Waals surface area contributed by atoms with Crippen LogP contribution in [0.1, 0.15) is 5.56 Å². The van der Waals surface area contributed by atoms with Crippen molar-refractivity contribution in [3.8, 4) is 17.3 Å². The van der Waals surface area contributed by atoms with Crippen molar-refractivity contribution in [2.45, 2.75) is 0 Å². The first-order chi connectivity index (χ1) is 7.33. The molecule has 0 aliphatic carbocycles. The van der Waals surface area contributed by atoms with Gasteiger partial charge in [-0.05, 0) is 12.1 Å². The zero-order valence-corrected chi connectivity index (χ0v) is 7.88. The molecule has 0 aliphatic rings. The summed E-state index contributed by atoms with van der Waals surface area (Å²) < 4.78 is 0. The molecule has 1 aromatic carbocycles. The molecule has 0 saturated carbocycles. The monoisotopic (exact) mass is 196 g/mol. The fourth-order valence-electron chi connectivity index (χ4n) is 1.34. The molecule has 0 bridgehead atoms. The van der Waals surface area contributed by atoms with Gasteiger partial charge in [-0.25, -0.2) is 9.97 Å². The van der Waals surface area contributed by atoms with Crippen molar-refractivity contribution in [2.24, 2.45) is 0 Å². The van der Waals surface area contributed by atoms with Crippen LogP contribution in [0.25, 0.3) is 11.3 Å². The fourth-order valence-corrected chi connectivity index (χ4v) is 1.34. The first-order valence-electron chi connectivity index (χ1n) is 4.38. The summed E-state index contributed by atoms with van der Waals surface area (Å²) in [5, 5.41) is 8.83. The van der Waals surface area contributed by atoms with Crippen LogP contribution in [-0.4, -0.2) is 9.97 Å². The lowest BCUT2D eigenvalue weighted by Gasteiger charge is -2.05. The highest BCUT2D eigenvalue weighted by Crippen LogP contribution is 2.25. The summed E-state index contributed by atoms with van der Waals surface area (Å²) in [6.45, 7) is 0. The maximum Gasteiger partial charge on any atom is 0.116 e. The minimum Gasteiger partial charge on any atom is -0.397 e. The van der Waals surface area contributed by atoms with Crippen molar-refractivity contribution in [1.29, 1.82) is 5.26 Å². The summed E-state index contributed by atoms with van der Waals surface area (Å²) >= 11 is 0. The number of nitrogens with zero attached hydrogens (tertiary/aromatic N) is 3. The zero-order valence-electron chi connectivity index (χ0n) is 7.88. The van der Waals surface area contributed by atoms with Gasteiger partial charge in [-0.15, -0.1) is 0 Å². The Morgan fingerprint density at radius 3 is 2.80 bits per heavy atom. The van der Waals surface area contributed by atoms with E-state index < -0.39 is 0 Å². The van der Waals surface area contributed by atoms with Gasteiger partial charge >= 0.3 is 0 Å². The molecule has 1 aromatic heterocycles. The van der Waals surface area contributed by atoms with E-state index in [1.807, 2.05) is 12.1 Å². The van der Waals surface area contributed by atoms with Crippen LogP contribution in [0.4, 0.5) is 5.69 Å². The minimum absolute atomic E-state index is 0.457. The average molecular weight is 196 g/mol. The van der Waals surface area contributed by atoms with E-state index in [0.717, 1.165) is 11.3 Å². The molecule has 0 radical (unpaired) electrons. The molecule has 0 saturated heterocycles. The number of rotatable bonds is 1. The van der Waals surface area contributed by atoms with Gasteiger partial charge in [0.05, 0.1) is 16.9 Å². The maximum atomic E-state index is 8.83. The second kappa shape index (κ2) is 3.76. The first-order valence-corrected chi connectivity index (χ1v) is 4.38. The molecule has 2 aromatic rings. The molecule has 4 heteroatoms. The Kier molecular flexibility index (Phi) is 2.30. The molecule has 0 atom stereocenters. The summed E-state index contributed by atoms with van der Waals surface area (Å²) in [7, 11) is 0. The van der Waals surface area contributed by atoms with Crippen LogP contribution < -0.4 is 5.73 Å². The molecule has 2 N–H and O–H groups in total. The quantitative estimate of drug-likeness (QED) is 0.703. The molecule has 0 unspecified atom stereocenters. The molecule has 0 aliphatic heterocycles. The number of para-hydroxylation sites is 1. The smallest absolute Gasteiger partial charge is 0.116 e. The van der Waals surface area contributed by atoms with Gasteiger partial charge in [0.25, 0.3) is 0 Å². The summed E-state index contributed by atoms with van der Waals surface area (Å²) in [4.78, 5) is 7.91. The third-order valence-electron chi connectivity index (χ3n) is 2.08. The van der Waals surface area contributed by atoms with E-state index in [1.165, 1.54) is 6.33 Å². The largest absolute Gasteiger partial charge is 0.397 e. The molecule has 2 rings (SSSR count). The highest BCUT2D eigenvalue weighted by molar-refractivity contribution is 5.77. The van der Waals surface area contributed by atoms with Crippen molar-refractivity contribution in [1.82, 2.24) is 9.97 Å². The third kappa shape index (κ3) is 1.63. The number of anilines is 1. The Balaban J connectivity index is 2.61. The van der Waals surface area contributed by atoms with Crippen LogP contribution in [0, 0.1) is 11.3 Å². The van der Waals surface area contributed by atoms with Crippen LogP contribution in [0.15, 0.2) is 36.8 Å². The van der Waals surface area contributed by atoms with Crippen molar-refractivity contribution < 1.29 is 0 Å². The zero-order chi connectivity index (χ0) is 10.7. The standard InChI is InChI=1S/C11H8N4/c12-6-8-2-1-3-9(11(8)13)10-4-5-14-7-15-10/h1-5,7H,13H2. The normalized spacial score (nSPS) is 9.53. The predicted octanol–water partition coefficient (Wildman–Crippen LogP) is 1.60. The summed E-state index contributed by atoms with van der Waals surface area (Å²) in [5.74, 6) is 0. The summed E-state index contributed by atoms with van der Waals surface area (Å²) in [6.07, 6.45) is 3.09. The van der Waals surface area contributed by atoms with Gasteiger partial charge in [0, 0.05) is 11.8 Å². The van der Waals surface area contributed by atoms with Gasteiger partial charge in [0.2, 0.25) is 0 Å². The van der Waals surface area contributed by atoms with E-state index >= 15 is 0 Å². The molecule has 4 nitrogen and oxygen atoms in total. The molecule has 72 valence electrons. The van der Waals surface area contributed by atoms with Gasteiger partial charge in [-0.3, -0.25) is 0 Å². The maximum absolute atomic E-state index is 8.83. The average Bonchev–Trinajstić information content (AvgIpc) is 2.30. The van der Waals surface area contributed by atoms with Crippen molar-refractivity contribution in [3.63, 3.8) is 0 Å². The Morgan fingerprint density at radius 1 is 1.27 bits per heavy atom. The third-order valence-corrected chi connectivity index (χ3v) is 2.08. The number of nitrogens with two attached hydrogens (primary N) is 1. The molecule has 15 heavy (non-hydrogen) atoms. The van der Waals surface area contributed by atoms with Crippen molar-refractivity contribution in [2.75, 3.05) is 5.73 Å². The summed E-state index contributed by atoms with van der Waals surface area (Å²) in [6, 6.07) is 9.09. The lowest BCUT2D eigenvalue weighted by Crippen LogP contribution is -1.95. The van der Waals surface area contributed by atoms with E-state index in [1.54, 1.807) is 24.4 Å². The minimum atomic E-state index is 0.457. The van der Waals surface area contributed by atoms with Gasteiger partial charge in [0.1, 0.15) is 12.4 Å². The fraction of sp³-hybridized carbons (Fsp3) is 0. The predicted molar refractivity (Wildman–Crippen MR) is 56.6 cm³/mol. The van der Waals surface area contributed by atoms with E-state index in [-0.39, 0.29) is 0 Å². The summed E-state index contributed by atoms with van der Waals surface area (Å²) in [5.41, 5.74) is 8.25. The number of hydrogen-bond acceptors (Lipinski definition) is 4. The Labute approximate surface area is 87.0 Å². The molecular weight excluding hydrogens is 188 g/mol. The molecular formula is C11H8N4. The number of nitriles is 1. The van der Waals surface area contributed by atoms with E-state index in [0.29, 0.717) is 11.3 Å². The van der Waals surface area contributed by atoms with Gasteiger partial charge in [-0.2, -0.15) is 5.26 Å². The molecule has 1 heterocycles. The van der Waals surface area contributed by atoms with Crippen molar-refractivity contribution in [3.05, 3.63) is 42.4 Å². The Hall–Kier alpha value is -2.41. The van der Waals surface area contributed by atoms with Crippen LogP contribution >= 0.6 is 0 Å². The van der Waals surface area contributed by atoms with Crippen LogP contribution in [0.5, 0.6) is 0 Å². The number of nitrogen functional groups attached to an aromatic ring is 1. The second-order valence-corrected chi connectivity index (χ2v) is 2.97. The topological polar surface area (TPSA) is 75.6 Å². The van der Waals surface area contributed by atoms with Crippen LogP contribution in [0.2, 0.25) is 0 Å². The van der Waals surface area contributed by atoms with E-state index in [9.17, 15) is 0 Å². The lowest BCUT2D eigenvalue weighted by molar-refractivity contribution is 1.17. The first kappa shape index (κ1) is 9.16. The lowest BCUT2D eigenvalue weighted by atomic mass is 10.1. The van der Waals surface area contributed by atoms with Gasteiger partial charge < -0.3 is 5.73 Å². The van der Waals surface area contributed by atoms with E-state index in [2.05, 4.69) is 9.97 Å². The molecule has 0 fully saturated rings. The van der Waals surface area contributed by atoms with Gasteiger partial charge in [0.15, 0.2) is 0 Å². The van der Waals surface area contributed by atoms with Crippen LogP contribution in [-0.2, 0) is 0 Å². The van der Waals surface area contributed by atoms with Crippen molar-refractivity contribution >= 4 is 5.69 Å². The highest BCUT2D eigenvalue weighted by Gasteiger charge is 2.06. The molecule has 0 spiro atoms. The van der Waals surface area contributed by atoms with Gasteiger partial charge in [-0.1, -0.05) is 12.1 Å². The SMILES string of the molecule is N#Cc1cccc(-c2ccncn2)c1N. The number of aromatic nitrogens is 2. The second-order valence-electron chi connectivity index (χ2n) is 2.97. The highest BCUT2D eigenvalue weighted by atomic mass is 14.8. The Morgan fingerprint density at radius 2 is 2.13 bits per heavy atom. The molecule has 0 amide bonds. The van der Waals surface area contributed by atoms with E-state index in [4.69, 9.17) is 11.0 Å². The number of hydrogen-bond donors (Lipinski definition) is 1. The van der Waals surface area contributed by atoms with Crippen LogP contribution in [0.3, 0.4) is 0 Å². The Bertz CT molecular complexity index is 514.